The summed E-state index contributed by atoms with van der Waals surface area (Å²) in [6, 6.07) is 9.28. The molecule has 0 radical (unpaired) electrons. The van der Waals surface area contributed by atoms with Crippen LogP contribution in [0.1, 0.15) is 17.5 Å². The van der Waals surface area contributed by atoms with E-state index in [9.17, 15) is 4.39 Å². The van der Waals surface area contributed by atoms with Gasteiger partial charge in [-0.2, -0.15) is 11.3 Å². The molecule has 0 spiro atoms. The number of nitrogens with zero attached hydrogens (tertiary/aromatic N) is 1. The molecule has 4 heteroatoms. The van der Waals surface area contributed by atoms with Gasteiger partial charge in [0.15, 0.2) is 0 Å². The second kappa shape index (κ2) is 6.69. The highest BCUT2D eigenvalue weighted by Gasteiger charge is 2.25. The molecule has 1 saturated heterocycles. The van der Waals surface area contributed by atoms with E-state index in [4.69, 9.17) is 5.73 Å². The lowest BCUT2D eigenvalue weighted by Gasteiger charge is -2.36. The van der Waals surface area contributed by atoms with Crippen molar-refractivity contribution < 1.29 is 4.39 Å². The Morgan fingerprint density at radius 3 is 2.90 bits per heavy atom. The van der Waals surface area contributed by atoms with Crippen molar-refractivity contribution in [2.75, 3.05) is 13.1 Å². The molecule has 0 aliphatic carbocycles. The van der Waals surface area contributed by atoms with Crippen LogP contribution in [-0.4, -0.2) is 24.0 Å². The highest BCUT2D eigenvalue weighted by Crippen LogP contribution is 2.23. The number of piperidine rings is 1. The van der Waals surface area contributed by atoms with Crippen molar-refractivity contribution in [3.05, 3.63) is 58.0 Å². The van der Waals surface area contributed by atoms with E-state index in [-0.39, 0.29) is 11.9 Å². The number of rotatable bonds is 4. The maximum absolute atomic E-state index is 13.3. The van der Waals surface area contributed by atoms with Crippen LogP contribution >= 0.6 is 11.3 Å². The third-order valence-electron chi connectivity index (χ3n) is 4.04. The van der Waals surface area contributed by atoms with E-state index in [1.807, 2.05) is 6.07 Å². The van der Waals surface area contributed by atoms with Crippen molar-refractivity contribution in [1.29, 1.82) is 0 Å². The smallest absolute Gasteiger partial charge is 0.123 e. The van der Waals surface area contributed by atoms with E-state index >= 15 is 0 Å². The molecular formula is C17H21FN2S. The lowest BCUT2D eigenvalue weighted by atomic mass is 9.89. The predicted octanol–water partition coefficient (Wildman–Crippen LogP) is 3.28. The molecule has 1 fully saturated rings. The number of halogens is 1. The predicted molar refractivity (Wildman–Crippen MR) is 85.8 cm³/mol. The zero-order chi connectivity index (χ0) is 14.7. The number of hydrogen-bond donors (Lipinski definition) is 1. The van der Waals surface area contributed by atoms with Crippen LogP contribution in [0.3, 0.4) is 0 Å². The standard InChI is InChI=1S/C17H21FN2S/c18-16-3-1-2-13(7-16)9-20-10-15(8-17(19)11-20)6-14-4-5-21-12-14/h1-5,7,12,15,17H,6,8-11,19H2. The van der Waals surface area contributed by atoms with Crippen LogP contribution in [0.15, 0.2) is 41.1 Å². The minimum absolute atomic E-state index is 0.163. The van der Waals surface area contributed by atoms with Gasteiger partial charge in [0.2, 0.25) is 0 Å². The van der Waals surface area contributed by atoms with Crippen LogP contribution in [-0.2, 0) is 13.0 Å². The number of likely N-dealkylation sites (tertiary alicyclic amines) is 1. The average Bonchev–Trinajstić information content (AvgIpc) is 2.90. The van der Waals surface area contributed by atoms with Crippen LogP contribution in [0.5, 0.6) is 0 Å². The van der Waals surface area contributed by atoms with Crippen LogP contribution in [0.4, 0.5) is 4.39 Å². The second-order valence-corrected chi connectivity index (χ2v) is 6.80. The Hall–Kier alpha value is -1.23. The normalized spacial score (nSPS) is 23.3. The van der Waals surface area contributed by atoms with E-state index in [0.717, 1.165) is 38.0 Å². The molecule has 2 atom stereocenters. The van der Waals surface area contributed by atoms with Gasteiger partial charge in [-0.3, -0.25) is 4.90 Å². The minimum Gasteiger partial charge on any atom is -0.327 e. The summed E-state index contributed by atoms with van der Waals surface area (Å²) in [7, 11) is 0. The fourth-order valence-corrected chi connectivity index (χ4v) is 3.94. The first-order valence-corrected chi connectivity index (χ1v) is 8.37. The minimum atomic E-state index is -0.163. The number of nitrogens with two attached hydrogens (primary N) is 1. The highest BCUT2D eigenvalue weighted by atomic mass is 32.1. The summed E-state index contributed by atoms with van der Waals surface area (Å²) < 4.78 is 13.3. The van der Waals surface area contributed by atoms with Crippen LogP contribution in [0.2, 0.25) is 0 Å². The maximum atomic E-state index is 13.3. The van der Waals surface area contributed by atoms with Crippen molar-refractivity contribution in [2.45, 2.75) is 25.4 Å². The summed E-state index contributed by atoms with van der Waals surface area (Å²) in [4.78, 5) is 2.36. The summed E-state index contributed by atoms with van der Waals surface area (Å²) in [5, 5.41) is 4.35. The summed E-state index contributed by atoms with van der Waals surface area (Å²) in [6.07, 6.45) is 2.17. The van der Waals surface area contributed by atoms with Crippen molar-refractivity contribution in [2.24, 2.45) is 11.7 Å². The van der Waals surface area contributed by atoms with Gasteiger partial charge >= 0.3 is 0 Å². The Kier molecular flexibility index (Phi) is 4.68. The van der Waals surface area contributed by atoms with Gasteiger partial charge in [-0.1, -0.05) is 12.1 Å². The summed E-state index contributed by atoms with van der Waals surface area (Å²) in [5.41, 5.74) is 8.65. The molecule has 1 aromatic heterocycles. The van der Waals surface area contributed by atoms with E-state index in [0.29, 0.717) is 5.92 Å². The van der Waals surface area contributed by atoms with Gasteiger partial charge in [-0.25, -0.2) is 4.39 Å². The first kappa shape index (κ1) is 14.7. The van der Waals surface area contributed by atoms with Crippen molar-refractivity contribution in [3.63, 3.8) is 0 Å². The van der Waals surface area contributed by atoms with Gasteiger partial charge in [0, 0.05) is 25.7 Å². The molecular weight excluding hydrogens is 283 g/mol. The molecule has 2 nitrogen and oxygen atoms in total. The molecule has 2 unspecified atom stereocenters. The van der Waals surface area contributed by atoms with E-state index in [1.165, 1.54) is 11.6 Å². The molecule has 21 heavy (non-hydrogen) atoms. The molecule has 2 aromatic rings. The average molecular weight is 304 g/mol. The summed E-state index contributed by atoms with van der Waals surface area (Å²) >= 11 is 1.75. The van der Waals surface area contributed by atoms with Gasteiger partial charge < -0.3 is 5.73 Å². The number of hydrogen-bond acceptors (Lipinski definition) is 3. The highest BCUT2D eigenvalue weighted by molar-refractivity contribution is 7.07. The Labute approximate surface area is 129 Å². The molecule has 1 aliphatic heterocycles. The van der Waals surface area contributed by atoms with Crippen LogP contribution in [0.25, 0.3) is 0 Å². The van der Waals surface area contributed by atoms with Crippen molar-refractivity contribution in [1.82, 2.24) is 4.90 Å². The van der Waals surface area contributed by atoms with E-state index in [1.54, 1.807) is 23.5 Å². The largest absolute Gasteiger partial charge is 0.327 e. The second-order valence-electron chi connectivity index (χ2n) is 6.02. The van der Waals surface area contributed by atoms with E-state index in [2.05, 4.69) is 21.7 Å². The van der Waals surface area contributed by atoms with Gasteiger partial charge in [0.1, 0.15) is 5.82 Å². The third kappa shape index (κ3) is 4.13. The molecule has 0 bridgehead atoms. The van der Waals surface area contributed by atoms with Gasteiger partial charge in [-0.05, 0) is 58.8 Å². The molecule has 3 rings (SSSR count). The SMILES string of the molecule is NC1CC(Cc2ccsc2)CN(Cc2cccc(F)c2)C1. The third-order valence-corrected chi connectivity index (χ3v) is 4.78. The van der Waals surface area contributed by atoms with Crippen LogP contribution in [0, 0.1) is 11.7 Å². The molecule has 1 aliphatic rings. The topological polar surface area (TPSA) is 29.3 Å². The molecule has 0 amide bonds. The maximum Gasteiger partial charge on any atom is 0.123 e. The Morgan fingerprint density at radius 2 is 2.14 bits per heavy atom. The first-order chi connectivity index (χ1) is 10.2. The van der Waals surface area contributed by atoms with Gasteiger partial charge in [0.05, 0.1) is 0 Å². The zero-order valence-electron chi connectivity index (χ0n) is 12.0. The van der Waals surface area contributed by atoms with Crippen molar-refractivity contribution in [3.8, 4) is 0 Å². The van der Waals surface area contributed by atoms with E-state index < -0.39 is 0 Å². The Morgan fingerprint density at radius 1 is 1.24 bits per heavy atom. The fourth-order valence-electron chi connectivity index (χ4n) is 3.26. The first-order valence-electron chi connectivity index (χ1n) is 7.42. The molecule has 2 N–H and O–H groups in total. The summed E-state index contributed by atoms with van der Waals surface area (Å²) in [6.45, 7) is 2.72. The van der Waals surface area contributed by atoms with Gasteiger partial charge in [0.25, 0.3) is 0 Å². The fraction of sp³-hybridized carbons (Fsp3) is 0.412. The lowest BCUT2D eigenvalue weighted by Crippen LogP contribution is -2.47. The number of thiophene rings is 1. The van der Waals surface area contributed by atoms with Crippen LogP contribution < -0.4 is 5.73 Å². The molecule has 0 saturated carbocycles. The number of benzene rings is 1. The van der Waals surface area contributed by atoms with Crippen molar-refractivity contribution >= 4 is 11.3 Å². The van der Waals surface area contributed by atoms with Gasteiger partial charge in [-0.15, -0.1) is 0 Å². The molecule has 112 valence electrons. The monoisotopic (exact) mass is 304 g/mol. The Balaban J connectivity index is 1.62. The lowest BCUT2D eigenvalue weighted by molar-refractivity contribution is 0.149. The molecule has 1 aromatic carbocycles. The summed E-state index contributed by atoms with van der Waals surface area (Å²) in [5.74, 6) is 0.431. The quantitative estimate of drug-likeness (QED) is 0.939. The molecule has 2 heterocycles. The zero-order valence-corrected chi connectivity index (χ0v) is 12.9. The Bertz CT molecular complexity index is 570.